The predicted molar refractivity (Wildman–Crippen MR) is 161 cm³/mol. The molecule has 232 valence electrons. The zero-order chi connectivity index (χ0) is 30.8. The molecule has 43 heavy (non-hydrogen) atoms. The zero-order valence-electron chi connectivity index (χ0n) is 24.6. The van der Waals surface area contributed by atoms with Gasteiger partial charge >= 0.3 is 0 Å². The van der Waals surface area contributed by atoms with Crippen molar-refractivity contribution in [1.29, 1.82) is 0 Å². The number of hydrogen-bond acceptors (Lipinski definition) is 7. The summed E-state index contributed by atoms with van der Waals surface area (Å²) in [5, 5.41) is 19.6. The van der Waals surface area contributed by atoms with E-state index in [0.717, 1.165) is 12.8 Å². The van der Waals surface area contributed by atoms with Crippen LogP contribution >= 0.6 is 23.2 Å². The number of halogens is 3. The van der Waals surface area contributed by atoms with Gasteiger partial charge in [-0.25, -0.2) is 14.4 Å². The largest absolute Gasteiger partial charge is 0.393 e. The SMILES string of the molecule is CO[C@]1(CO)CC[C@@H](NC(=O)[C@@H]2NC3(CCC(C)(C)CC3)[C@@]3(C(=O)Nc4nc(Cl)ccc43)[C@H]2c2ccnc(Cl)c2F)CC1. The van der Waals surface area contributed by atoms with E-state index in [4.69, 9.17) is 27.9 Å². The Morgan fingerprint density at radius 2 is 1.84 bits per heavy atom. The highest BCUT2D eigenvalue weighted by Crippen LogP contribution is 2.63. The third-order valence-electron chi connectivity index (χ3n) is 10.8. The molecule has 4 N–H and O–H groups in total. The fourth-order valence-corrected chi connectivity index (χ4v) is 8.52. The van der Waals surface area contributed by atoms with Crippen LogP contribution in [0.25, 0.3) is 0 Å². The molecule has 0 radical (unpaired) electrons. The average Bonchev–Trinajstić information content (AvgIpc) is 3.44. The molecule has 0 bridgehead atoms. The molecule has 2 aliphatic heterocycles. The number of anilines is 1. The van der Waals surface area contributed by atoms with Crippen molar-refractivity contribution in [3.05, 3.63) is 51.6 Å². The number of nitrogens with one attached hydrogen (secondary N) is 3. The highest BCUT2D eigenvalue weighted by molar-refractivity contribution is 6.30. The second-order valence-electron chi connectivity index (χ2n) is 13.5. The van der Waals surface area contributed by atoms with Gasteiger partial charge in [0.15, 0.2) is 11.0 Å². The molecule has 0 unspecified atom stereocenters. The van der Waals surface area contributed by atoms with Crippen LogP contribution in [0.4, 0.5) is 10.2 Å². The lowest BCUT2D eigenvalue weighted by molar-refractivity contribution is -0.125. The molecule has 2 spiro atoms. The first-order valence-electron chi connectivity index (χ1n) is 14.9. The molecule has 2 amide bonds. The summed E-state index contributed by atoms with van der Waals surface area (Å²) in [4.78, 5) is 37.2. The van der Waals surface area contributed by atoms with Gasteiger partial charge in [-0.05, 0) is 74.5 Å². The van der Waals surface area contributed by atoms with E-state index in [-0.39, 0.29) is 45.7 Å². The van der Waals surface area contributed by atoms with Gasteiger partial charge in [-0.15, -0.1) is 0 Å². The third-order valence-corrected chi connectivity index (χ3v) is 11.3. The number of hydrogen-bond donors (Lipinski definition) is 4. The molecule has 0 aromatic carbocycles. The minimum absolute atomic E-state index is 0.0357. The number of aromatic nitrogens is 2. The van der Waals surface area contributed by atoms with Crippen LogP contribution in [-0.2, 0) is 19.7 Å². The Balaban J connectivity index is 1.48. The summed E-state index contributed by atoms with van der Waals surface area (Å²) in [6.45, 7) is 4.31. The number of carbonyl (C=O) groups excluding carboxylic acids is 2. The number of aliphatic hydroxyl groups is 1. The molecule has 3 atom stereocenters. The van der Waals surface area contributed by atoms with Crippen LogP contribution in [-0.4, -0.2) is 63.8 Å². The summed E-state index contributed by atoms with van der Waals surface area (Å²) in [5.41, 5.74) is -2.10. The van der Waals surface area contributed by atoms with E-state index in [2.05, 4.69) is 39.8 Å². The van der Waals surface area contributed by atoms with Gasteiger partial charge in [0, 0.05) is 36.4 Å². The first kappa shape index (κ1) is 30.6. The quantitative estimate of drug-likeness (QED) is 0.353. The Bertz CT molecular complexity index is 1430. The Labute approximate surface area is 260 Å². The minimum Gasteiger partial charge on any atom is -0.393 e. The molecule has 12 heteroatoms. The summed E-state index contributed by atoms with van der Waals surface area (Å²) >= 11 is 12.5. The van der Waals surface area contributed by atoms with E-state index >= 15 is 4.39 Å². The second kappa shape index (κ2) is 10.9. The van der Waals surface area contributed by atoms with Crippen molar-refractivity contribution in [2.75, 3.05) is 19.0 Å². The number of aliphatic hydroxyl groups excluding tert-OH is 1. The van der Waals surface area contributed by atoms with Crippen LogP contribution in [0.15, 0.2) is 24.4 Å². The summed E-state index contributed by atoms with van der Waals surface area (Å²) in [5.74, 6) is -2.06. The zero-order valence-corrected chi connectivity index (χ0v) is 26.1. The predicted octanol–water partition coefficient (Wildman–Crippen LogP) is 4.64. The first-order valence-corrected chi connectivity index (χ1v) is 15.7. The van der Waals surface area contributed by atoms with Crippen LogP contribution in [0.5, 0.6) is 0 Å². The highest BCUT2D eigenvalue weighted by atomic mass is 35.5. The lowest BCUT2D eigenvalue weighted by Gasteiger charge is -2.50. The Kier molecular flexibility index (Phi) is 7.77. The molecule has 2 aromatic heterocycles. The van der Waals surface area contributed by atoms with E-state index in [9.17, 15) is 14.7 Å². The van der Waals surface area contributed by atoms with E-state index in [1.807, 2.05) is 0 Å². The number of rotatable bonds is 5. The van der Waals surface area contributed by atoms with Crippen molar-refractivity contribution in [3.8, 4) is 0 Å². The van der Waals surface area contributed by atoms with Gasteiger partial charge in [-0.3, -0.25) is 14.9 Å². The minimum atomic E-state index is -1.38. The molecule has 4 heterocycles. The van der Waals surface area contributed by atoms with Gasteiger partial charge in [0.1, 0.15) is 16.4 Å². The van der Waals surface area contributed by atoms with Crippen LogP contribution in [0, 0.1) is 11.2 Å². The second-order valence-corrected chi connectivity index (χ2v) is 14.2. The molecule has 2 aromatic rings. The maximum atomic E-state index is 16.0. The van der Waals surface area contributed by atoms with Crippen molar-refractivity contribution in [2.45, 2.75) is 99.8 Å². The van der Waals surface area contributed by atoms with E-state index in [0.29, 0.717) is 49.9 Å². The fourth-order valence-electron chi connectivity index (χ4n) is 8.20. The Morgan fingerprint density at radius 3 is 2.49 bits per heavy atom. The molecule has 6 rings (SSSR count). The van der Waals surface area contributed by atoms with Crippen LogP contribution < -0.4 is 16.0 Å². The van der Waals surface area contributed by atoms with Gasteiger partial charge < -0.3 is 20.5 Å². The molecular formula is C31H38Cl2FN5O4. The third kappa shape index (κ3) is 4.76. The average molecular weight is 635 g/mol. The Hall–Kier alpha value is -2.37. The van der Waals surface area contributed by atoms with Gasteiger partial charge in [-0.1, -0.05) is 43.1 Å². The van der Waals surface area contributed by atoms with Crippen molar-refractivity contribution in [1.82, 2.24) is 20.6 Å². The molecule has 3 fully saturated rings. The maximum Gasteiger partial charge on any atom is 0.238 e. The van der Waals surface area contributed by atoms with E-state index < -0.39 is 34.3 Å². The van der Waals surface area contributed by atoms with Crippen molar-refractivity contribution in [3.63, 3.8) is 0 Å². The number of ether oxygens (including phenoxy) is 1. The Morgan fingerprint density at radius 1 is 1.14 bits per heavy atom. The van der Waals surface area contributed by atoms with Gasteiger partial charge in [0.05, 0.1) is 18.2 Å². The topological polar surface area (TPSA) is 125 Å². The molecule has 9 nitrogen and oxygen atoms in total. The maximum absolute atomic E-state index is 16.0. The van der Waals surface area contributed by atoms with Crippen molar-refractivity contribution < 1.29 is 23.8 Å². The van der Waals surface area contributed by atoms with Crippen molar-refractivity contribution >= 4 is 40.8 Å². The normalized spacial score (nSPS) is 32.5. The van der Waals surface area contributed by atoms with Gasteiger partial charge in [0.25, 0.3) is 0 Å². The number of fused-ring (bicyclic) bond motifs is 3. The lowest BCUT2D eigenvalue weighted by Crippen LogP contribution is -2.61. The number of carbonyl (C=O) groups is 2. The number of nitrogens with zero attached hydrogens (tertiary/aromatic N) is 2. The number of amides is 2. The summed E-state index contributed by atoms with van der Waals surface area (Å²) < 4.78 is 21.6. The lowest BCUT2D eigenvalue weighted by atomic mass is 9.53. The smallest absolute Gasteiger partial charge is 0.238 e. The van der Waals surface area contributed by atoms with Crippen molar-refractivity contribution in [2.24, 2.45) is 5.41 Å². The molecule has 2 aliphatic carbocycles. The molecular weight excluding hydrogens is 596 g/mol. The van der Waals surface area contributed by atoms with Gasteiger partial charge in [-0.2, -0.15) is 0 Å². The summed E-state index contributed by atoms with van der Waals surface area (Å²) in [6, 6.07) is 3.80. The van der Waals surface area contributed by atoms with Crippen LogP contribution in [0.1, 0.15) is 82.3 Å². The monoisotopic (exact) mass is 633 g/mol. The summed E-state index contributed by atoms with van der Waals surface area (Å²) in [6.07, 6.45) is 6.60. The van der Waals surface area contributed by atoms with Crippen LogP contribution in [0.2, 0.25) is 10.3 Å². The van der Waals surface area contributed by atoms with Crippen LogP contribution in [0.3, 0.4) is 0 Å². The fraction of sp³-hybridized carbons (Fsp3) is 0.613. The van der Waals surface area contributed by atoms with E-state index in [1.54, 1.807) is 19.2 Å². The highest BCUT2D eigenvalue weighted by Gasteiger charge is 2.73. The van der Waals surface area contributed by atoms with E-state index in [1.165, 1.54) is 12.3 Å². The molecule has 4 aliphatic rings. The molecule has 2 saturated carbocycles. The number of pyridine rings is 2. The summed E-state index contributed by atoms with van der Waals surface area (Å²) in [7, 11) is 1.59. The standard InChI is InChI=1S/C31H38Cl2FN5O4/c1-28(2)11-13-30(14-12-28)31(19-4-5-20(32)37-25(19)38-27(31)42)21(18-8-15-35-24(33)22(18)34)23(39-30)26(41)36-17-6-9-29(16-40,43-3)10-7-17/h4-5,8,15,17,21,23,39-40H,6-7,9-14,16H2,1-3H3,(H,36,41)(H,37,38,42)/t17-,21-,23+,29-,31+/m0/s1. The molecule has 1 saturated heterocycles. The number of methoxy groups -OCH3 is 1. The van der Waals surface area contributed by atoms with Gasteiger partial charge in [0.2, 0.25) is 11.8 Å². The first-order chi connectivity index (χ1) is 20.4.